The number of rotatable bonds is 7. The number of esters is 1. The highest BCUT2D eigenvalue weighted by Gasteiger charge is 2.17. The lowest BCUT2D eigenvalue weighted by atomic mass is 10.2. The Kier molecular flexibility index (Phi) is 5.92. The summed E-state index contributed by atoms with van der Waals surface area (Å²) in [6.45, 7) is -0.156. The summed E-state index contributed by atoms with van der Waals surface area (Å²) >= 11 is 1.55. The fourth-order valence-electron chi connectivity index (χ4n) is 2.34. The minimum atomic E-state index is -0.693. The van der Waals surface area contributed by atoms with Crippen molar-refractivity contribution < 1.29 is 28.6 Å². The molecule has 0 saturated heterocycles. The van der Waals surface area contributed by atoms with Crippen LogP contribution < -0.4 is 14.8 Å². The Labute approximate surface area is 159 Å². The SMILES string of the molecule is CN(Cc1ccsc1)C(=O)COC(=O)CNC(=O)c1ccc2c(c1)OCO2. The van der Waals surface area contributed by atoms with E-state index in [1.807, 2.05) is 16.8 Å². The van der Waals surface area contributed by atoms with Gasteiger partial charge in [0.2, 0.25) is 6.79 Å². The normalized spacial score (nSPS) is 11.7. The molecule has 0 aliphatic carbocycles. The van der Waals surface area contributed by atoms with Gasteiger partial charge >= 0.3 is 5.97 Å². The second-order valence-electron chi connectivity index (χ2n) is 5.79. The van der Waals surface area contributed by atoms with Crippen molar-refractivity contribution in [2.24, 2.45) is 0 Å². The Hall–Kier alpha value is -3.07. The van der Waals surface area contributed by atoms with Crippen molar-refractivity contribution in [3.8, 4) is 11.5 Å². The van der Waals surface area contributed by atoms with Gasteiger partial charge in [0, 0.05) is 19.2 Å². The highest BCUT2D eigenvalue weighted by Crippen LogP contribution is 2.32. The van der Waals surface area contributed by atoms with E-state index in [0.717, 1.165) is 5.56 Å². The van der Waals surface area contributed by atoms with Crippen LogP contribution in [0.4, 0.5) is 0 Å². The lowest BCUT2D eigenvalue weighted by molar-refractivity contribution is -0.150. The number of nitrogens with zero attached hydrogens (tertiary/aromatic N) is 1. The monoisotopic (exact) mass is 390 g/mol. The summed E-state index contributed by atoms with van der Waals surface area (Å²) in [5.74, 6) is -0.426. The van der Waals surface area contributed by atoms with Gasteiger partial charge in [-0.15, -0.1) is 0 Å². The molecule has 0 unspecified atom stereocenters. The number of ether oxygens (including phenoxy) is 3. The number of hydrogen-bond acceptors (Lipinski definition) is 7. The Bertz CT molecular complexity index is 836. The van der Waals surface area contributed by atoms with Crippen molar-refractivity contribution in [1.29, 1.82) is 0 Å². The van der Waals surface area contributed by atoms with Gasteiger partial charge in [0.25, 0.3) is 11.8 Å². The summed E-state index contributed by atoms with van der Waals surface area (Å²) in [4.78, 5) is 37.3. The molecule has 142 valence electrons. The number of benzene rings is 1. The molecule has 0 fully saturated rings. The molecule has 2 aromatic rings. The average molecular weight is 390 g/mol. The standard InChI is InChI=1S/C18H18N2O6S/c1-20(8-12-4-5-27-10-12)16(21)9-24-17(22)7-19-18(23)13-2-3-14-15(6-13)26-11-25-14/h2-6,10H,7-9,11H2,1H3,(H,19,23). The summed E-state index contributed by atoms with van der Waals surface area (Å²) < 4.78 is 15.3. The molecule has 1 aromatic heterocycles. The van der Waals surface area contributed by atoms with Gasteiger partial charge in [0.15, 0.2) is 18.1 Å². The number of fused-ring (bicyclic) bond motifs is 1. The van der Waals surface area contributed by atoms with E-state index < -0.39 is 11.9 Å². The third kappa shape index (κ3) is 4.98. The van der Waals surface area contributed by atoms with E-state index in [4.69, 9.17) is 14.2 Å². The Morgan fingerprint density at radius 2 is 2.04 bits per heavy atom. The number of thiophene rings is 1. The molecular formula is C18H18N2O6S. The number of carbonyl (C=O) groups is 3. The van der Waals surface area contributed by atoms with Crippen molar-refractivity contribution in [3.63, 3.8) is 0 Å². The molecule has 0 radical (unpaired) electrons. The summed E-state index contributed by atoms with van der Waals surface area (Å²) in [6.07, 6.45) is 0. The summed E-state index contributed by atoms with van der Waals surface area (Å²) in [7, 11) is 1.63. The van der Waals surface area contributed by atoms with E-state index in [0.29, 0.717) is 23.6 Å². The predicted octanol–water partition coefficient (Wildman–Crippen LogP) is 1.41. The summed E-state index contributed by atoms with van der Waals surface area (Å²) in [6, 6.07) is 6.65. The smallest absolute Gasteiger partial charge is 0.325 e. The van der Waals surface area contributed by atoms with Gasteiger partial charge < -0.3 is 24.4 Å². The zero-order valence-corrected chi connectivity index (χ0v) is 15.4. The first-order chi connectivity index (χ1) is 13.0. The van der Waals surface area contributed by atoms with Crippen molar-refractivity contribution in [2.45, 2.75) is 6.54 Å². The van der Waals surface area contributed by atoms with E-state index in [1.54, 1.807) is 30.5 Å². The highest BCUT2D eigenvalue weighted by atomic mass is 32.1. The Balaban J connectivity index is 1.40. The number of hydrogen-bond donors (Lipinski definition) is 1. The minimum Gasteiger partial charge on any atom is -0.454 e. The van der Waals surface area contributed by atoms with Gasteiger partial charge in [0.1, 0.15) is 6.54 Å². The van der Waals surface area contributed by atoms with E-state index in [-0.39, 0.29) is 25.9 Å². The lowest BCUT2D eigenvalue weighted by Gasteiger charge is -2.16. The van der Waals surface area contributed by atoms with Gasteiger partial charge in [0.05, 0.1) is 0 Å². The van der Waals surface area contributed by atoms with Gasteiger partial charge in [-0.05, 0) is 40.6 Å². The molecule has 1 N–H and O–H groups in total. The first-order valence-corrected chi connectivity index (χ1v) is 9.05. The third-order valence-electron chi connectivity index (χ3n) is 3.81. The second-order valence-corrected chi connectivity index (χ2v) is 6.57. The molecule has 0 spiro atoms. The molecule has 0 atom stereocenters. The van der Waals surface area contributed by atoms with Crippen molar-refractivity contribution in [2.75, 3.05) is 27.0 Å². The van der Waals surface area contributed by atoms with E-state index in [2.05, 4.69) is 5.32 Å². The minimum absolute atomic E-state index is 0.113. The molecule has 1 aliphatic heterocycles. The van der Waals surface area contributed by atoms with Crippen molar-refractivity contribution in [1.82, 2.24) is 10.2 Å². The molecule has 1 aliphatic rings. The number of carbonyl (C=O) groups excluding carboxylic acids is 3. The first kappa shape index (κ1) is 18.7. The zero-order chi connectivity index (χ0) is 19.2. The molecular weight excluding hydrogens is 372 g/mol. The molecule has 27 heavy (non-hydrogen) atoms. The molecule has 1 aromatic carbocycles. The molecule has 8 nitrogen and oxygen atoms in total. The maximum atomic E-state index is 12.1. The van der Waals surface area contributed by atoms with Crippen LogP contribution in [0.1, 0.15) is 15.9 Å². The molecule has 2 amide bonds. The Morgan fingerprint density at radius 1 is 1.22 bits per heavy atom. The molecule has 9 heteroatoms. The van der Waals surface area contributed by atoms with Crippen LogP contribution in [0.15, 0.2) is 35.0 Å². The lowest BCUT2D eigenvalue weighted by Crippen LogP contribution is -2.34. The topological polar surface area (TPSA) is 94.2 Å². The molecule has 3 rings (SSSR count). The van der Waals surface area contributed by atoms with Crippen molar-refractivity contribution >= 4 is 29.1 Å². The first-order valence-electron chi connectivity index (χ1n) is 8.11. The van der Waals surface area contributed by atoms with Gasteiger partial charge in [-0.25, -0.2) is 0 Å². The number of nitrogens with one attached hydrogen (secondary N) is 1. The van der Waals surface area contributed by atoms with Crippen LogP contribution in [-0.2, 0) is 20.9 Å². The Morgan fingerprint density at radius 3 is 2.81 bits per heavy atom. The predicted molar refractivity (Wildman–Crippen MR) is 96.7 cm³/mol. The maximum absolute atomic E-state index is 12.1. The molecule has 0 saturated carbocycles. The van der Waals surface area contributed by atoms with Crippen LogP contribution >= 0.6 is 11.3 Å². The van der Waals surface area contributed by atoms with Gasteiger partial charge in [-0.1, -0.05) is 0 Å². The van der Waals surface area contributed by atoms with Crippen LogP contribution in [0.3, 0.4) is 0 Å². The summed E-state index contributed by atoms with van der Waals surface area (Å²) in [5, 5.41) is 6.32. The van der Waals surface area contributed by atoms with Gasteiger partial charge in [-0.3, -0.25) is 14.4 Å². The van der Waals surface area contributed by atoms with E-state index >= 15 is 0 Å². The van der Waals surface area contributed by atoms with Crippen LogP contribution in [-0.4, -0.2) is 49.7 Å². The maximum Gasteiger partial charge on any atom is 0.325 e. The second kappa shape index (κ2) is 8.54. The largest absolute Gasteiger partial charge is 0.454 e. The fourth-order valence-corrected chi connectivity index (χ4v) is 3.00. The fraction of sp³-hybridized carbons (Fsp3) is 0.278. The number of amides is 2. The quantitative estimate of drug-likeness (QED) is 0.719. The van der Waals surface area contributed by atoms with E-state index in [1.165, 1.54) is 11.0 Å². The average Bonchev–Trinajstić information content (AvgIpc) is 3.34. The van der Waals surface area contributed by atoms with Gasteiger partial charge in [-0.2, -0.15) is 11.3 Å². The highest BCUT2D eigenvalue weighted by molar-refractivity contribution is 7.07. The van der Waals surface area contributed by atoms with E-state index in [9.17, 15) is 14.4 Å². The molecule has 2 heterocycles. The van der Waals surface area contributed by atoms with Crippen LogP contribution in [0.5, 0.6) is 11.5 Å². The van der Waals surface area contributed by atoms with Crippen LogP contribution in [0.25, 0.3) is 0 Å². The van der Waals surface area contributed by atoms with Crippen molar-refractivity contribution in [3.05, 3.63) is 46.2 Å². The third-order valence-corrected chi connectivity index (χ3v) is 4.54. The van der Waals surface area contributed by atoms with Crippen LogP contribution in [0, 0.1) is 0 Å². The zero-order valence-electron chi connectivity index (χ0n) is 14.6. The molecule has 0 bridgehead atoms. The number of likely N-dealkylation sites (N-methyl/N-ethyl adjacent to an activating group) is 1. The summed E-state index contributed by atoms with van der Waals surface area (Å²) in [5.41, 5.74) is 1.34. The van der Waals surface area contributed by atoms with Crippen LogP contribution in [0.2, 0.25) is 0 Å².